The van der Waals surface area contributed by atoms with Crippen LogP contribution < -0.4 is 5.32 Å². The molecule has 1 N–H and O–H groups in total. The number of esters is 1. The molecule has 2 rings (SSSR count). The summed E-state index contributed by atoms with van der Waals surface area (Å²) in [7, 11) is -3.55. The van der Waals surface area contributed by atoms with Crippen LogP contribution in [0.1, 0.15) is 20.3 Å². The molecular formula is C12H22N2O4S. The van der Waals surface area contributed by atoms with E-state index >= 15 is 0 Å². The van der Waals surface area contributed by atoms with Crippen LogP contribution in [0.2, 0.25) is 0 Å². The van der Waals surface area contributed by atoms with Gasteiger partial charge >= 0.3 is 5.97 Å². The molecule has 19 heavy (non-hydrogen) atoms. The van der Waals surface area contributed by atoms with Crippen LogP contribution in [0, 0.1) is 11.8 Å². The third kappa shape index (κ3) is 2.93. The van der Waals surface area contributed by atoms with E-state index in [9.17, 15) is 13.2 Å². The van der Waals surface area contributed by atoms with Crippen LogP contribution in [0.4, 0.5) is 0 Å². The molecule has 0 aromatic rings. The maximum Gasteiger partial charge on any atom is 0.322 e. The molecule has 0 radical (unpaired) electrons. The Morgan fingerprint density at radius 1 is 1.37 bits per heavy atom. The van der Waals surface area contributed by atoms with Crippen molar-refractivity contribution >= 4 is 16.0 Å². The predicted octanol–water partition coefficient (Wildman–Crippen LogP) is -0.191. The molecule has 110 valence electrons. The first-order valence-corrected chi connectivity index (χ1v) is 8.46. The van der Waals surface area contributed by atoms with Crippen molar-refractivity contribution in [2.24, 2.45) is 11.8 Å². The van der Waals surface area contributed by atoms with Crippen LogP contribution in [-0.2, 0) is 19.6 Å². The molecule has 2 fully saturated rings. The SMILES string of the molecule is CCOC(=O)CS(=O)(=O)N1CC2CNCC2C1CC. The lowest BCUT2D eigenvalue weighted by Gasteiger charge is -2.25. The van der Waals surface area contributed by atoms with E-state index in [0.29, 0.717) is 18.4 Å². The predicted molar refractivity (Wildman–Crippen MR) is 71.1 cm³/mol. The van der Waals surface area contributed by atoms with Gasteiger partial charge in [0, 0.05) is 12.6 Å². The summed E-state index contributed by atoms with van der Waals surface area (Å²) in [5, 5.41) is 3.31. The van der Waals surface area contributed by atoms with Crippen molar-refractivity contribution in [3.8, 4) is 0 Å². The molecule has 3 atom stereocenters. The Morgan fingerprint density at radius 2 is 2.11 bits per heavy atom. The molecule has 6 nitrogen and oxygen atoms in total. The molecule has 2 saturated heterocycles. The highest BCUT2D eigenvalue weighted by molar-refractivity contribution is 7.89. The van der Waals surface area contributed by atoms with Crippen molar-refractivity contribution in [3.63, 3.8) is 0 Å². The first kappa shape index (κ1) is 14.7. The second-order valence-electron chi connectivity index (χ2n) is 5.19. The Labute approximate surface area is 114 Å². The van der Waals surface area contributed by atoms with Gasteiger partial charge in [0.1, 0.15) is 0 Å². The van der Waals surface area contributed by atoms with Crippen LogP contribution in [0.25, 0.3) is 0 Å². The number of carbonyl (C=O) groups is 1. The van der Waals surface area contributed by atoms with Gasteiger partial charge in [-0.2, -0.15) is 4.31 Å². The first-order chi connectivity index (χ1) is 8.99. The molecular weight excluding hydrogens is 268 g/mol. The smallest absolute Gasteiger partial charge is 0.322 e. The average Bonchev–Trinajstić information content (AvgIpc) is 2.87. The van der Waals surface area contributed by atoms with E-state index in [0.717, 1.165) is 19.5 Å². The van der Waals surface area contributed by atoms with Crippen molar-refractivity contribution in [2.75, 3.05) is 32.0 Å². The van der Waals surface area contributed by atoms with Gasteiger partial charge in [-0.25, -0.2) is 8.42 Å². The van der Waals surface area contributed by atoms with Gasteiger partial charge < -0.3 is 10.1 Å². The molecule has 3 unspecified atom stereocenters. The zero-order valence-electron chi connectivity index (χ0n) is 11.5. The summed E-state index contributed by atoms with van der Waals surface area (Å²) in [4.78, 5) is 11.4. The number of nitrogens with one attached hydrogen (secondary N) is 1. The van der Waals surface area contributed by atoms with Gasteiger partial charge in [-0.3, -0.25) is 4.79 Å². The van der Waals surface area contributed by atoms with Gasteiger partial charge in [0.25, 0.3) is 0 Å². The van der Waals surface area contributed by atoms with E-state index in [1.165, 1.54) is 4.31 Å². The minimum Gasteiger partial charge on any atom is -0.465 e. The monoisotopic (exact) mass is 290 g/mol. The standard InChI is InChI=1S/C12H22N2O4S/c1-3-11-10-6-13-5-9(10)7-14(11)19(16,17)8-12(15)18-4-2/h9-11,13H,3-8H2,1-2H3. The van der Waals surface area contributed by atoms with E-state index in [2.05, 4.69) is 5.32 Å². The second-order valence-corrected chi connectivity index (χ2v) is 7.11. The summed E-state index contributed by atoms with van der Waals surface area (Å²) >= 11 is 0. The fourth-order valence-corrected chi connectivity index (χ4v) is 4.93. The molecule has 2 aliphatic rings. The average molecular weight is 290 g/mol. The van der Waals surface area contributed by atoms with Crippen LogP contribution >= 0.6 is 0 Å². The molecule has 0 bridgehead atoms. The van der Waals surface area contributed by atoms with E-state index in [4.69, 9.17) is 4.74 Å². The number of fused-ring (bicyclic) bond motifs is 1. The Kier molecular flexibility index (Phi) is 4.47. The fourth-order valence-electron chi connectivity index (χ4n) is 3.24. The maximum absolute atomic E-state index is 12.3. The van der Waals surface area contributed by atoms with E-state index in [1.54, 1.807) is 6.92 Å². The van der Waals surface area contributed by atoms with Crippen molar-refractivity contribution in [2.45, 2.75) is 26.3 Å². The summed E-state index contributed by atoms with van der Waals surface area (Å²) in [6, 6.07) is 0.0134. The Bertz CT molecular complexity index is 437. The quantitative estimate of drug-likeness (QED) is 0.710. The molecule has 0 saturated carbocycles. The highest BCUT2D eigenvalue weighted by Crippen LogP contribution is 2.36. The number of rotatable bonds is 5. The minimum absolute atomic E-state index is 0.0134. The van der Waals surface area contributed by atoms with Gasteiger partial charge in [-0.15, -0.1) is 0 Å². The normalized spacial score (nSPS) is 31.4. The van der Waals surface area contributed by atoms with Crippen molar-refractivity contribution in [1.29, 1.82) is 0 Å². The lowest BCUT2D eigenvalue weighted by atomic mass is 9.93. The number of sulfonamides is 1. The first-order valence-electron chi connectivity index (χ1n) is 6.85. The molecule has 2 heterocycles. The van der Waals surface area contributed by atoms with E-state index < -0.39 is 21.7 Å². The summed E-state index contributed by atoms with van der Waals surface area (Å²) in [5.74, 6) is -0.444. The van der Waals surface area contributed by atoms with Crippen LogP contribution in [0.5, 0.6) is 0 Å². The molecule has 0 amide bonds. The van der Waals surface area contributed by atoms with Crippen molar-refractivity contribution in [3.05, 3.63) is 0 Å². The molecule has 0 aromatic carbocycles. The van der Waals surface area contributed by atoms with Crippen molar-refractivity contribution in [1.82, 2.24) is 9.62 Å². The number of hydrogen-bond acceptors (Lipinski definition) is 5. The summed E-state index contributed by atoms with van der Waals surface area (Å²) < 4.78 is 30.9. The lowest BCUT2D eigenvalue weighted by Crippen LogP contribution is -2.42. The summed E-state index contributed by atoms with van der Waals surface area (Å²) in [5.41, 5.74) is 0. The fraction of sp³-hybridized carbons (Fsp3) is 0.917. The zero-order chi connectivity index (χ0) is 14.0. The second kappa shape index (κ2) is 5.76. The van der Waals surface area contributed by atoms with Gasteiger partial charge in [-0.05, 0) is 38.3 Å². The maximum atomic E-state index is 12.3. The topological polar surface area (TPSA) is 75.7 Å². The number of carbonyl (C=O) groups excluding carboxylic acids is 1. The number of ether oxygens (including phenoxy) is 1. The highest BCUT2D eigenvalue weighted by Gasteiger charge is 2.48. The van der Waals surface area contributed by atoms with E-state index in [-0.39, 0.29) is 12.6 Å². The third-order valence-electron chi connectivity index (χ3n) is 4.05. The Hall–Kier alpha value is -0.660. The highest BCUT2D eigenvalue weighted by atomic mass is 32.2. The summed E-state index contributed by atoms with van der Waals surface area (Å²) in [6.45, 7) is 6.14. The van der Waals surface area contributed by atoms with Gasteiger partial charge in [0.05, 0.1) is 6.61 Å². The summed E-state index contributed by atoms with van der Waals surface area (Å²) in [6.07, 6.45) is 0.783. The number of nitrogens with zero attached hydrogens (tertiary/aromatic N) is 1. The number of hydrogen-bond donors (Lipinski definition) is 1. The molecule has 7 heteroatoms. The zero-order valence-corrected chi connectivity index (χ0v) is 12.3. The Balaban J connectivity index is 2.10. The molecule has 0 aliphatic carbocycles. The van der Waals surface area contributed by atoms with Gasteiger partial charge in [0.15, 0.2) is 5.75 Å². The van der Waals surface area contributed by atoms with Gasteiger partial charge in [0.2, 0.25) is 10.0 Å². The molecule has 0 spiro atoms. The van der Waals surface area contributed by atoms with Crippen LogP contribution in [-0.4, -0.2) is 56.7 Å². The van der Waals surface area contributed by atoms with Crippen LogP contribution in [0.15, 0.2) is 0 Å². The minimum atomic E-state index is -3.55. The molecule has 2 aliphatic heterocycles. The van der Waals surface area contributed by atoms with Crippen LogP contribution in [0.3, 0.4) is 0 Å². The third-order valence-corrected chi connectivity index (χ3v) is 5.79. The van der Waals surface area contributed by atoms with E-state index in [1.807, 2.05) is 6.92 Å². The Morgan fingerprint density at radius 3 is 2.74 bits per heavy atom. The van der Waals surface area contributed by atoms with Crippen molar-refractivity contribution < 1.29 is 17.9 Å². The largest absolute Gasteiger partial charge is 0.465 e. The lowest BCUT2D eigenvalue weighted by molar-refractivity contribution is -0.140. The molecule has 0 aromatic heterocycles. The van der Waals surface area contributed by atoms with Gasteiger partial charge in [-0.1, -0.05) is 6.92 Å².